The molecule has 0 heterocycles. The Kier molecular flexibility index (Phi) is 4.81. The van der Waals surface area contributed by atoms with Crippen molar-refractivity contribution < 1.29 is 9.53 Å². The van der Waals surface area contributed by atoms with E-state index in [-0.39, 0.29) is 5.92 Å². The Morgan fingerprint density at radius 2 is 1.94 bits per heavy atom. The number of hydrogen-bond acceptors (Lipinski definition) is 2. The Balaban J connectivity index is 2.85. The molecule has 0 spiro atoms. The second-order valence-electron chi connectivity index (χ2n) is 4.21. The smallest absolute Gasteiger partial charge is 0.182 e. The Morgan fingerprint density at radius 3 is 2.38 bits per heavy atom. The maximum atomic E-state index is 10.8. The van der Waals surface area contributed by atoms with Crippen LogP contribution in [-0.2, 0) is 16.0 Å². The van der Waals surface area contributed by atoms with E-state index >= 15 is 0 Å². The second kappa shape index (κ2) is 6.14. The Morgan fingerprint density at radius 1 is 1.31 bits per heavy atom. The van der Waals surface area contributed by atoms with E-state index < -0.39 is 0 Å². The van der Waals surface area contributed by atoms with Crippen LogP contribution in [0.5, 0.6) is 0 Å². The lowest BCUT2D eigenvalue weighted by atomic mass is 9.88. The molecule has 1 aromatic rings. The zero-order valence-electron chi connectivity index (χ0n) is 10.1. The van der Waals surface area contributed by atoms with Crippen molar-refractivity contribution in [1.29, 1.82) is 0 Å². The van der Waals surface area contributed by atoms with Crippen LogP contribution in [0, 0.1) is 11.8 Å². The van der Waals surface area contributed by atoms with E-state index in [2.05, 4.69) is 26.0 Å². The number of carbonyl (C=O) groups excluding carboxylic acids is 1. The molecule has 1 unspecified atom stereocenters. The SMILES string of the molecule is COC(=C=O)C(Cc1ccccc1)C(C)C. The van der Waals surface area contributed by atoms with E-state index in [9.17, 15) is 4.79 Å². The number of benzene rings is 1. The molecule has 2 heteroatoms. The van der Waals surface area contributed by atoms with Gasteiger partial charge < -0.3 is 4.74 Å². The maximum absolute atomic E-state index is 10.8. The van der Waals surface area contributed by atoms with Crippen LogP contribution in [0.1, 0.15) is 19.4 Å². The van der Waals surface area contributed by atoms with Crippen LogP contribution in [0.4, 0.5) is 0 Å². The fourth-order valence-electron chi connectivity index (χ4n) is 1.77. The van der Waals surface area contributed by atoms with E-state index in [0.29, 0.717) is 11.7 Å². The number of ether oxygens (including phenoxy) is 1. The molecular weight excluding hydrogens is 200 g/mol. The van der Waals surface area contributed by atoms with Crippen molar-refractivity contribution in [3.63, 3.8) is 0 Å². The number of rotatable bonds is 5. The van der Waals surface area contributed by atoms with Gasteiger partial charge in [-0.15, -0.1) is 0 Å². The largest absolute Gasteiger partial charge is 0.489 e. The van der Waals surface area contributed by atoms with Gasteiger partial charge in [-0.3, -0.25) is 0 Å². The second-order valence-corrected chi connectivity index (χ2v) is 4.21. The van der Waals surface area contributed by atoms with Crippen molar-refractivity contribution >= 4 is 5.94 Å². The van der Waals surface area contributed by atoms with Crippen molar-refractivity contribution in [2.75, 3.05) is 7.11 Å². The predicted molar refractivity (Wildman–Crippen MR) is 64.7 cm³/mol. The quantitative estimate of drug-likeness (QED) is 0.561. The van der Waals surface area contributed by atoms with E-state index in [4.69, 9.17) is 4.74 Å². The molecule has 0 aromatic heterocycles. The van der Waals surface area contributed by atoms with Gasteiger partial charge in [0.2, 0.25) is 0 Å². The maximum Gasteiger partial charge on any atom is 0.182 e. The van der Waals surface area contributed by atoms with Crippen LogP contribution >= 0.6 is 0 Å². The molecule has 0 amide bonds. The summed E-state index contributed by atoms with van der Waals surface area (Å²) >= 11 is 0. The first-order chi connectivity index (χ1) is 7.69. The van der Waals surface area contributed by atoms with Crippen LogP contribution in [0.3, 0.4) is 0 Å². The minimum Gasteiger partial charge on any atom is -0.489 e. The highest BCUT2D eigenvalue weighted by molar-refractivity contribution is 5.50. The first kappa shape index (κ1) is 12.5. The van der Waals surface area contributed by atoms with Crippen molar-refractivity contribution in [3.8, 4) is 0 Å². The van der Waals surface area contributed by atoms with Crippen LogP contribution in [-0.4, -0.2) is 13.1 Å². The Hall–Kier alpha value is -1.53. The van der Waals surface area contributed by atoms with Gasteiger partial charge in [0.05, 0.1) is 7.11 Å². The van der Waals surface area contributed by atoms with Crippen molar-refractivity contribution in [3.05, 3.63) is 41.7 Å². The monoisotopic (exact) mass is 218 g/mol. The number of allylic oxidation sites excluding steroid dienone is 1. The van der Waals surface area contributed by atoms with Gasteiger partial charge in [-0.05, 0) is 17.9 Å². The molecule has 0 fully saturated rings. The Bertz CT molecular complexity index is 362. The average Bonchev–Trinajstić information content (AvgIpc) is 2.30. The standard InChI is InChI=1S/C14H18O2/c1-11(2)13(14(10-15)16-3)9-12-7-5-4-6-8-12/h4-8,11,13H,9H2,1-3H3. The van der Waals surface area contributed by atoms with Crippen molar-refractivity contribution in [1.82, 2.24) is 0 Å². The summed E-state index contributed by atoms with van der Waals surface area (Å²) in [5, 5.41) is 0. The van der Waals surface area contributed by atoms with E-state index in [1.54, 1.807) is 0 Å². The summed E-state index contributed by atoms with van der Waals surface area (Å²) in [6, 6.07) is 10.1. The number of methoxy groups -OCH3 is 1. The molecule has 0 saturated carbocycles. The van der Waals surface area contributed by atoms with Gasteiger partial charge >= 0.3 is 0 Å². The number of hydrogen-bond donors (Lipinski definition) is 0. The predicted octanol–water partition coefficient (Wildman–Crippen LogP) is 2.86. The molecule has 0 radical (unpaired) electrons. The van der Waals surface area contributed by atoms with E-state index in [1.165, 1.54) is 12.7 Å². The van der Waals surface area contributed by atoms with Gasteiger partial charge in [-0.25, -0.2) is 4.79 Å². The van der Waals surface area contributed by atoms with Crippen molar-refractivity contribution in [2.45, 2.75) is 20.3 Å². The molecule has 1 rings (SSSR count). The molecule has 0 aliphatic rings. The molecule has 1 aromatic carbocycles. The lowest BCUT2D eigenvalue weighted by Crippen LogP contribution is -2.16. The first-order valence-electron chi connectivity index (χ1n) is 5.52. The molecular formula is C14H18O2. The molecule has 0 aliphatic carbocycles. The van der Waals surface area contributed by atoms with Gasteiger partial charge in [-0.1, -0.05) is 44.2 Å². The molecule has 0 aliphatic heterocycles. The summed E-state index contributed by atoms with van der Waals surface area (Å²) in [7, 11) is 1.53. The van der Waals surface area contributed by atoms with Crippen LogP contribution in [0.2, 0.25) is 0 Å². The fourth-order valence-corrected chi connectivity index (χ4v) is 1.77. The Labute approximate surface area is 96.9 Å². The minimum atomic E-state index is 0.102. The molecule has 1 atom stereocenters. The van der Waals surface area contributed by atoms with Crippen LogP contribution in [0.25, 0.3) is 0 Å². The zero-order valence-corrected chi connectivity index (χ0v) is 10.1. The molecule has 2 nitrogen and oxygen atoms in total. The summed E-state index contributed by atoms with van der Waals surface area (Å²) in [6.45, 7) is 4.17. The molecule has 0 saturated heterocycles. The normalized spacial score (nSPS) is 12.0. The van der Waals surface area contributed by atoms with E-state index in [0.717, 1.165) is 6.42 Å². The molecule has 16 heavy (non-hydrogen) atoms. The van der Waals surface area contributed by atoms with Gasteiger partial charge in [0.15, 0.2) is 11.7 Å². The van der Waals surface area contributed by atoms with E-state index in [1.807, 2.05) is 24.1 Å². The summed E-state index contributed by atoms with van der Waals surface area (Å²) in [6.07, 6.45) is 0.816. The fraction of sp³-hybridized carbons (Fsp3) is 0.429. The highest BCUT2D eigenvalue weighted by Gasteiger charge is 2.20. The van der Waals surface area contributed by atoms with Gasteiger partial charge in [0.25, 0.3) is 0 Å². The van der Waals surface area contributed by atoms with Crippen molar-refractivity contribution in [2.24, 2.45) is 11.8 Å². The van der Waals surface area contributed by atoms with Crippen LogP contribution in [0.15, 0.2) is 36.1 Å². The molecule has 0 bridgehead atoms. The van der Waals surface area contributed by atoms with Gasteiger partial charge in [-0.2, -0.15) is 0 Å². The third kappa shape index (κ3) is 3.25. The summed E-state index contributed by atoms with van der Waals surface area (Å²) < 4.78 is 5.09. The molecule has 0 N–H and O–H groups in total. The van der Waals surface area contributed by atoms with Gasteiger partial charge in [0, 0.05) is 5.92 Å². The van der Waals surface area contributed by atoms with Crippen LogP contribution < -0.4 is 0 Å². The highest BCUT2D eigenvalue weighted by Crippen LogP contribution is 2.23. The lowest BCUT2D eigenvalue weighted by Gasteiger charge is -2.20. The summed E-state index contributed by atoms with van der Waals surface area (Å²) in [5.41, 5.74) is 1.21. The average molecular weight is 218 g/mol. The van der Waals surface area contributed by atoms with Gasteiger partial charge in [0.1, 0.15) is 0 Å². The third-order valence-electron chi connectivity index (χ3n) is 2.76. The lowest BCUT2D eigenvalue weighted by molar-refractivity contribution is 0.217. The zero-order chi connectivity index (χ0) is 12.0. The highest BCUT2D eigenvalue weighted by atomic mass is 16.5. The topological polar surface area (TPSA) is 26.3 Å². The third-order valence-corrected chi connectivity index (χ3v) is 2.76. The first-order valence-corrected chi connectivity index (χ1v) is 5.52. The summed E-state index contributed by atoms with van der Waals surface area (Å²) in [5.74, 6) is 2.77. The molecule has 86 valence electrons. The summed E-state index contributed by atoms with van der Waals surface area (Å²) in [4.78, 5) is 10.8. The minimum absolute atomic E-state index is 0.102.